The molecule has 0 radical (unpaired) electrons. The SMILES string of the molecule is CC12CC=CC=C1Oc1cccc(B(O)O)c12. The van der Waals surface area contributed by atoms with Gasteiger partial charge in [0.05, 0.1) is 5.41 Å². The fourth-order valence-electron chi connectivity index (χ4n) is 2.67. The first-order chi connectivity index (χ1) is 8.13. The molecule has 1 heterocycles. The Bertz CT molecular complexity index is 533. The number of rotatable bonds is 1. The summed E-state index contributed by atoms with van der Waals surface area (Å²) < 4.78 is 5.79. The number of fused-ring (bicyclic) bond motifs is 3. The third-order valence-corrected chi connectivity index (χ3v) is 3.56. The van der Waals surface area contributed by atoms with E-state index in [2.05, 4.69) is 13.0 Å². The van der Waals surface area contributed by atoms with Crippen molar-refractivity contribution in [3.05, 3.63) is 47.7 Å². The summed E-state index contributed by atoms with van der Waals surface area (Å²) in [6, 6.07) is 5.38. The van der Waals surface area contributed by atoms with Gasteiger partial charge in [0, 0.05) is 5.56 Å². The van der Waals surface area contributed by atoms with Gasteiger partial charge >= 0.3 is 7.12 Å². The van der Waals surface area contributed by atoms with Crippen LogP contribution in [0.4, 0.5) is 0 Å². The monoisotopic (exact) mass is 228 g/mol. The van der Waals surface area contributed by atoms with Crippen molar-refractivity contribution in [1.82, 2.24) is 0 Å². The van der Waals surface area contributed by atoms with E-state index in [4.69, 9.17) is 4.74 Å². The molecule has 17 heavy (non-hydrogen) atoms. The summed E-state index contributed by atoms with van der Waals surface area (Å²) in [6.07, 6.45) is 6.80. The second kappa shape index (κ2) is 3.49. The van der Waals surface area contributed by atoms with Crippen molar-refractivity contribution >= 4 is 12.6 Å². The lowest BCUT2D eigenvalue weighted by Gasteiger charge is -2.26. The number of ether oxygens (including phenoxy) is 1. The fourth-order valence-corrected chi connectivity index (χ4v) is 2.67. The van der Waals surface area contributed by atoms with Gasteiger partial charge in [0.1, 0.15) is 11.5 Å². The van der Waals surface area contributed by atoms with Gasteiger partial charge in [-0.1, -0.05) is 24.3 Å². The Hall–Kier alpha value is -1.52. The normalized spacial score (nSPS) is 24.8. The van der Waals surface area contributed by atoms with Crippen LogP contribution in [0.5, 0.6) is 5.75 Å². The van der Waals surface area contributed by atoms with Crippen LogP contribution in [0.25, 0.3) is 0 Å². The molecule has 0 aromatic heterocycles. The van der Waals surface area contributed by atoms with Crippen molar-refractivity contribution in [1.29, 1.82) is 0 Å². The summed E-state index contributed by atoms with van der Waals surface area (Å²) in [4.78, 5) is 0. The predicted octanol–water partition coefficient (Wildman–Crippen LogP) is 0.860. The standard InChI is InChI=1S/C13H13BO3/c1-13-8-3-2-7-11(13)17-10-6-4-5-9(12(10)13)14(15)16/h2-7,15-16H,8H2,1H3. The van der Waals surface area contributed by atoms with E-state index in [1.165, 1.54) is 0 Å². The first kappa shape index (κ1) is 10.6. The second-order valence-corrected chi connectivity index (χ2v) is 4.69. The highest BCUT2D eigenvalue weighted by Crippen LogP contribution is 2.48. The van der Waals surface area contributed by atoms with Gasteiger partial charge in [-0.2, -0.15) is 0 Å². The zero-order valence-corrected chi connectivity index (χ0v) is 9.55. The molecule has 0 amide bonds. The van der Waals surface area contributed by atoms with E-state index in [1.54, 1.807) is 12.1 Å². The zero-order valence-electron chi connectivity index (χ0n) is 9.55. The molecule has 0 bridgehead atoms. The zero-order chi connectivity index (χ0) is 12.0. The predicted molar refractivity (Wildman–Crippen MR) is 66.1 cm³/mol. The van der Waals surface area contributed by atoms with Crippen LogP contribution < -0.4 is 10.2 Å². The van der Waals surface area contributed by atoms with Crippen LogP contribution in [-0.2, 0) is 5.41 Å². The minimum atomic E-state index is -1.46. The number of hydrogen-bond acceptors (Lipinski definition) is 3. The topological polar surface area (TPSA) is 49.7 Å². The van der Waals surface area contributed by atoms with Gasteiger partial charge in [-0.05, 0) is 30.9 Å². The molecular formula is C13H13BO3. The lowest BCUT2D eigenvalue weighted by atomic mass is 9.67. The summed E-state index contributed by atoms with van der Waals surface area (Å²) in [5.41, 5.74) is 1.15. The minimum Gasteiger partial charge on any atom is -0.460 e. The lowest BCUT2D eigenvalue weighted by Crippen LogP contribution is -2.38. The van der Waals surface area contributed by atoms with Crippen molar-refractivity contribution in [2.24, 2.45) is 0 Å². The molecule has 1 aromatic carbocycles. The van der Waals surface area contributed by atoms with E-state index in [1.807, 2.05) is 18.2 Å². The Balaban J connectivity index is 2.24. The largest absolute Gasteiger partial charge is 0.488 e. The number of benzene rings is 1. The fraction of sp³-hybridized carbons (Fsp3) is 0.231. The molecule has 1 aliphatic heterocycles. The Morgan fingerprint density at radius 1 is 1.35 bits per heavy atom. The van der Waals surface area contributed by atoms with Crippen LogP contribution in [0.2, 0.25) is 0 Å². The van der Waals surface area contributed by atoms with Crippen LogP contribution in [0.15, 0.2) is 42.2 Å². The Morgan fingerprint density at radius 2 is 2.18 bits per heavy atom. The molecule has 2 aliphatic rings. The molecule has 86 valence electrons. The van der Waals surface area contributed by atoms with E-state index >= 15 is 0 Å². The van der Waals surface area contributed by atoms with Crippen molar-refractivity contribution in [3.8, 4) is 5.75 Å². The minimum absolute atomic E-state index is 0.273. The number of hydrogen-bond donors (Lipinski definition) is 2. The smallest absolute Gasteiger partial charge is 0.460 e. The highest BCUT2D eigenvalue weighted by Gasteiger charge is 2.44. The Kier molecular flexibility index (Phi) is 2.18. The molecule has 3 rings (SSSR count). The van der Waals surface area contributed by atoms with E-state index in [0.29, 0.717) is 5.46 Å². The van der Waals surface area contributed by atoms with Crippen molar-refractivity contribution in [3.63, 3.8) is 0 Å². The molecular weight excluding hydrogens is 215 g/mol. The van der Waals surface area contributed by atoms with Crippen molar-refractivity contribution < 1.29 is 14.8 Å². The van der Waals surface area contributed by atoms with Gasteiger partial charge in [0.15, 0.2) is 0 Å². The number of allylic oxidation sites excluding steroid dienone is 4. The Morgan fingerprint density at radius 3 is 2.94 bits per heavy atom. The third-order valence-electron chi connectivity index (χ3n) is 3.56. The summed E-state index contributed by atoms with van der Waals surface area (Å²) >= 11 is 0. The van der Waals surface area contributed by atoms with Crippen LogP contribution in [0.1, 0.15) is 18.9 Å². The van der Waals surface area contributed by atoms with E-state index in [9.17, 15) is 10.0 Å². The summed E-state index contributed by atoms with van der Waals surface area (Å²) in [5.74, 6) is 1.61. The van der Waals surface area contributed by atoms with E-state index < -0.39 is 7.12 Å². The maximum absolute atomic E-state index is 9.46. The van der Waals surface area contributed by atoms with E-state index in [-0.39, 0.29) is 5.41 Å². The van der Waals surface area contributed by atoms with Crippen LogP contribution in [0.3, 0.4) is 0 Å². The molecule has 4 heteroatoms. The Labute approximate surface area is 100 Å². The van der Waals surface area contributed by atoms with Gasteiger partial charge < -0.3 is 14.8 Å². The molecule has 1 aliphatic carbocycles. The molecule has 0 fully saturated rings. The first-order valence-corrected chi connectivity index (χ1v) is 5.67. The highest BCUT2D eigenvalue weighted by atomic mass is 16.5. The molecule has 3 nitrogen and oxygen atoms in total. The van der Waals surface area contributed by atoms with Crippen LogP contribution in [-0.4, -0.2) is 17.2 Å². The highest BCUT2D eigenvalue weighted by molar-refractivity contribution is 6.59. The molecule has 1 atom stereocenters. The summed E-state index contributed by atoms with van der Waals surface area (Å²) in [5, 5.41) is 18.9. The van der Waals surface area contributed by atoms with Gasteiger partial charge in [0.25, 0.3) is 0 Å². The summed E-state index contributed by atoms with van der Waals surface area (Å²) in [6.45, 7) is 2.07. The molecule has 2 N–H and O–H groups in total. The maximum Gasteiger partial charge on any atom is 0.488 e. The lowest BCUT2D eigenvalue weighted by molar-refractivity contribution is 0.377. The third kappa shape index (κ3) is 1.38. The van der Waals surface area contributed by atoms with Gasteiger partial charge in [-0.25, -0.2) is 0 Å². The average Bonchev–Trinajstić information content (AvgIpc) is 2.61. The van der Waals surface area contributed by atoms with Gasteiger partial charge in [0.2, 0.25) is 0 Å². The molecule has 1 aromatic rings. The molecule has 0 saturated carbocycles. The maximum atomic E-state index is 9.46. The van der Waals surface area contributed by atoms with Crippen LogP contribution in [0, 0.1) is 0 Å². The average molecular weight is 228 g/mol. The second-order valence-electron chi connectivity index (χ2n) is 4.69. The first-order valence-electron chi connectivity index (χ1n) is 5.67. The molecule has 0 spiro atoms. The van der Waals surface area contributed by atoms with Crippen molar-refractivity contribution in [2.45, 2.75) is 18.8 Å². The summed E-state index contributed by atoms with van der Waals surface area (Å²) in [7, 11) is -1.46. The molecule has 1 unspecified atom stereocenters. The van der Waals surface area contributed by atoms with E-state index in [0.717, 1.165) is 23.5 Å². The van der Waals surface area contributed by atoms with Crippen molar-refractivity contribution in [2.75, 3.05) is 0 Å². The van der Waals surface area contributed by atoms with Gasteiger partial charge in [-0.15, -0.1) is 0 Å². The van der Waals surface area contributed by atoms with Crippen LogP contribution >= 0.6 is 0 Å². The van der Waals surface area contributed by atoms with Gasteiger partial charge in [-0.3, -0.25) is 0 Å². The molecule has 0 saturated heterocycles. The quantitative estimate of drug-likeness (QED) is 0.701.